The van der Waals surface area contributed by atoms with Gasteiger partial charge in [-0.2, -0.15) is 0 Å². The first-order chi connectivity index (χ1) is 13.0. The summed E-state index contributed by atoms with van der Waals surface area (Å²) >= 11 is 3.56. The van der Waals surface area contributed by atoms with Gasteiger partial charge in [-0.15, -0.1) is 0 Å². The molecule has 0 saturated carbocycles. The molecule has 1 amide bonds. The van der Waals surface area contributed by atoms with Crippen molar-refractivity contribution in [2.75, 3.05) is 13.2 Å². The van der Waals surface area contributed by atoms with Crippen LogP contribution in [0.1, 0.15) is 12.5 Å². The number of aryl methyl sites for hydroxylation is 1. The summed E-state index contributed by atoms with van der Waals surface area (Å²) in [5, 5.41) is 5.05. The van der Waals surface area contributed by atoms with Gasteiger partial charge in [-0.25, -0.2) is 0 Å². The van der Waals surface area contributed by atoms with Gasteiger partial charge in [0.1, 0.15) is 18.1 Å². The minimum atomic E-state index is -0.185. The predicted octanol–water partition coefficient (Wildman–Crippen LogP) is 4.87. The molecule has 1 unspecified atom stereocenters. The molecular weight excluding hydrogens is 406 g/mol. The molecule has 3 aromatic carbocycles. The van der Waals surface area contributed by atoms with Gasteiger partial charge in [-0.05, 0) is 58.7 Å². The fourth-order valence-electron chi connectivity index (χ4n) is 2.68. The van der Waals surface area contributed by atoms with Gasteiger partial charge in [0.05, 0.1) is 10.5 Å². The highest BCUT2D eigenvalue weighted by molar-refractivity contribution is 9.10. The zero-order valence-corrected chi connectivity index (χ0v) is 17.0. The zero-order valence-electron chi connectivity index (χ0n) is 15.4. The van der Waals surface area contributed by atoms with E-state index in [9.17, 15) is 4.79 Å². The van der Waals surface area contributed by atoms with Crippen molar-refractivity contribution >= 4 is 32.6 Å². The summed E-state index contributed by atoms with van der Waals surface area (Å²) in [6, 6.07) is 19.6. The fourth-order valence-corrected chi connectivity index (χ4v) is 3.29. The second kappa shape index (κ2) is 8.91. The second-order valence-corrected chi connectivity index (χ2v) is 7.27. The highest BCUT2D eigenvalue weighted by Gasteiger charge is 2.11. The summed E-state index contributed by atoms with van der Waals surface area (Å²) in [6.45, 7) is 4.28. The molecule has 1 atom stereocenters. The van der Waals surface area contributed by atoms with E-state index in [0.29, 0.717) is 12.4 Å². The summed E-state index contributed by atoms with van der Waals surface area (Å²) < 4.78 is 12.2. The Bertz CT molecular complexity index is 924. The number of carbonyl (C=O) groups excluding carboxylic acids is 1. The van der Waals surface area contributed by atoms with E-state index in [1.807, 2.05) is 74.5 Å². The number of rotatable bonds is 7. The van der Waals surface area contributed by atoms with Crippen molar-refractivity contribution in [2.24, 2.45) is 0 Å². The van der Waals surface area contributed by atoms with Gasteiger partial charge in [0.15, 0.2) is 6.61 Å². The molecule has 0 spiro atoms. The van der Waals surface area contributed by atoms with E-state index >= 15 is 0 Å². The normalized spacial score (nSPS) is 11.8. The van der Waals surface area contributed by atoms with Crippen LogP contribution in [0.5, 0.6) is 11.5 Å². The first kappa shape index (κ1) is 19.2. The molecule has 5 heteroatoms. The van der Waals surface area contributed by atoms with E-state index in [2.05, 4.69) is 21.2 Å². The lowest BCUT2D eigenvalue weighted by molar-refractivity contribution is -0.123. The van der Waals surface area contributed by atoms with Crippen LogP contribution in [-0.2, 0) is 4.79 Å². The van der Waals surface area contributed by atoms with E-state index in [4.69, 9.17) is 9.47 Å². The topological polar surface area (TPSA) is 47.6 Å². The molecule has 27 heavy (non-hydrogen) atoms. The molecule has 0 bridgehead atoms. The van der Waals surface area contributed by atoms with E-state index < -0.39 is 0 Å². The Morgan fingerprint density at radius 1 is 1.04 bits per heavy atom. The lowest BCUT2D eigenvalue weighted by Gasteiger charge is -2.16. The first-order valence-electron chi connectivity index (χ1n) is 8.82. The number of hydrogen-bond acceptors (Lipinski definition) is 3. The van der Waals surface area contributed by atoms with Gasteiger partial charge in [0, 0.05) is 0 Å². The van der Waals surface area contributed by atoms with Crippen molar-refractivity contribution in [1.82, 2.24) is 5.32 Å². The third kappa shape index (κ3) is 5.23. The Morgan fingerprint density at radius 3 is 2.56 bits per heavy atom. The molecule has 0 aromatic heterocycles. The van der Waals surface area contributed by atoms with Gasteiger partial charge in [0.2, 0.25) is 0 Å². The summed E-state index contributed by atoms with van der Waals surface area (Å²) in [6.07, 6.45) is 0. The molecule has 0 radical (unpaired) electrons. The summed E-state index contributed by atoms with van der Waals surface area (Å²) in [4.78, 5) is 12.2. The van der Waals surface area contributed by atoms with Crippen LogP contribution < -0.4 is 14.8 Å². The first-order valence-corrected chi connectivity index (χ1v) is 9.61. The van der Waals surface area contributed by atoms with Crippen LogP contribution in [0.2, 0.25) is 0 Å². The van der Waals surface area contributed by atoms with Crippen molar-refractivity contribution in [1.29, 1.82) is 0 Å². The molecule has 0 heterocycles. The molecule has 0 fully saturated rings. The Kier molecular flexibility index (Phi) is 6.35. The number of fused-ring (bicyclic) bond motifs is 1. The molecule has 0 saturated heterocycles. The third-order valence-electron chi connectivity index (χ3n) is 4.11. The summed E-state index contributed by atoms with van der Waals surface area (Å²) in [5.41, 5.74) is 1.18. The largest absolute Gasteiger partial charge is 0.491 e. The number of halogens is 1. The molecule has 3 rings (SSSR count). The van der Waals surface area contributed by atoms with Gasteiger partial charge >= 0.3 is 0 Å². The van der Waals surface area contributed by atoms with E-state index in [1.165, 1.54) is 5.56 Å². The number of amides is 1. The van der Waals surface area contributed by atoms with Crippen LogP contribution in [0.3, 0.4) is 0 Å². The van der Waals surface area contributed by atoms with Crippen molar-refractivity contribution in [3.05, 3.63) is 70.7 Å². The molecule has 1 N–H and O–H groups in total. The van der Waals surface area contributed by atoms with Crippen molar-refractivity contribution in [2.45, 2.75) is 19.9 Å². The standard InChI is InChI=1S/C22H22BrNO3/c1-15-7-10-18(11-8-15)26-13-16(2)24-21(25)14-27-20-12-9-17-5-3-4-6-19(17)22(20)23/h3-12,16H,13-14H2,1-2H3,(H,24,25). The lowest BCUT2D eigenvalue weighted by atomic mass is 10.1. The Balaban J connectivity index is 1.49. The van der Waals surface area contributed by atoms with Gasteiger partial charge < -0.3 is 14.8 Å². The quantitative estimate of drug-likeness (QED) is 0.584. The SMILES string of the molecule is Cc1ccc(OCC(C)NC(=O)COc2ccc3ccccc3c2Br)cc1. The van der Waals surface area contributed by atoms with Crippen LogP contribution in [0.4, 0.5) is 0 Å². The van der Waals surface area contributed by atoms with Crippen LogP contribution in [0.25, 0.3) is 10.8 Å². The molecule has 0 aliphatic carbocycles. The smallest absolute Gasteiger partial charge is 0.258 e. The van der Waals surface area contributed by atoms with E-state index in [0.717, 1.165) is 21.0 Å². The molecular formula is C22H22BrNO3. The average Bonchev–Trinajstić information content (AvgIpc) is 2.67. The maximum absolute atomic E-state index is 12.2. The van der Waals surface area contributed by atoms with Gasteiger partial charge in [-0.3, -0.25) is 4.79 Å². The Hall–Kier alpha value is -2.53. The summed E-state index contributed by atoms with van der Waals surface area (Å²) in [5.74, 6) is 1.25. The van der Waals surface area contributed by atoms with E-state index in [-0.39, 0.29) is 18.6 Å². The molecule has 0 aliphatic rings. The molecule has 4 nitrogen and oxygen atoms in total. The van der Waals surface area contributed by atoms with E-state index in [1.54, 1.807) is 0 Å². The van der Waals surface area contributed by atoms with Crippen LogP contribution in [-0.4, -0.2) is 25.2 Å². The van der Waals surface area contributed by atoms with Crippen LogP contribution in [0.15, 0.2) is 65.1 Å². The number of benzene rings is 3. The van der Waals surface area contributed by atoms with Gasteiger partial charge in [0.25, 0.3) is 5.91 Å². The number of ether oxygens (including phenoxy) is 2. The lowest BCUT2D eigenvalue weighted by Crippen LogP contribution is -2.39. The Labute approximate surface area is 167 Å². The maximum atomic E-state index is 12.2. The fraction of sp³-hybridized carbons (Fsp3) is 0.227. The maximum Gasteiger partial charge on any atom is 0.258 e. The minimum absolute atomic E-state index is 0.0498. The number of hydrogen-bond donors (Lipinski definition) is 1. The molecule has 3 aromatic rings. The predicted molar refractivity (Wildman–Crippen MR) is 111 cm³/mol. The second-order valence-electron chi connectivity index (χ2n) is 6.48. The van der Waals surface area contributed by atoms with Crippen molar-refractivity contribution in [3.63, 3.8) is 0 Å². The highest BCUT2D eigenvalue weighted by atomic mass is 79.9. The summed E-state index contributed by atoms with van der Waals surface area (Å²) in [7, 11) is 0. The van der Waals surface area contributed by atoms with Gasteiger partial charge in [-0.1, -0.05) is 48.0 Å². The third-order valence-corrected chi connectivity index (χ3v) is 4.93. The number of nitrogens with one attached hydrogen (secondary N) is 1. The van der Waals surface area contributed by atoms with Crippen molar-refractivity contribution < 1.29 is 14.3 Å². The Morgan fingerprint density at radius 2 is 1.78 bits per heavy atom. The average molecular weight is 428 g/mol. The number of carbonyl (C=O) groups is 1. The van der Waals surface area contributed by atoms with Crippen LogP contribution in [0, 0.1) is 6.92 Å². The zero-order chi connectivity index (χ0) is 19.2. The van der Waals surface area contributed by atoms with Crippen molar-refractivity contribution in [3.8, 4) is 11.5 Å². The minimum Gasteiger partial charge on any atom is -0.491 e. The highest BCUT2D eigenvalue weighted by Crippen LogP contribution is 2.32. The molecule has 0 aliphatic heterocycles. The van der Waals surface area contributed by atoms with Crippen LogP contribution >= 0.6 is 15.9 Å². The monoisotopic (exact) mass is 427 g/mol. The molecule has 140 valence electrons.